The summed E-state index contributed by atoms with van der Waals surface area (Å²) in [6.07, 6.45) is 1.86. The molecule has 4 rings (SSSR count). The molecule has 0 unspecified atom stereocenters. The molecule has 1 aliphatic heterocycles. The maximum absolute atomic E-state index is 11.7. The molecule has 20 heavy (non-hydrogen) atoms. The van der Waals surface area contributed by atoms with Crippen LogP contribution in [-0.2, 0) is 22.9 Å². The van der Waals surface area contributed by atoms with E-state index in [1.165, 1.54) is 28.0 Å². The largest absolute Gasteiger partial charge is 0.398 e. The lowest BCUT2D eigenvalue weighted by Gasteiger charge is -2.18. The minimum atomic E-state index is -3.45. The average Bonchev–Trinajstić information content (AvgIpc) is 2.75. The van der Waals surface area contributed by atoms with Crippen LogP contribution in [0.5, 0.6) is 0 Å². The van der Waals surface area contributed by atoms with Crippen LogP contribution >= 0.6 is 11.3 Å². The predicted molar refractivity (Wildman–Crippen MR) is 81.9 cm³/mol. The number of thiophene rings is 1. The van der Waals surface area contributed by atoms with E-state index < -0.39 is 10.0 Å². The molecule has 1 aliphatic carbocycles. The molecule has 1 aromatic carbocycles. The van der Waals surface area contributed by atoms with Crippen LogP contribution < -0.4 is 10.5 Å². The second-order valence-electron chi connectivity index (χ2n) is 4.99. The molecule has 2 aromatic rings. The number of nitrogens with two attached hydrogens (primary N) is 1. The molecule has 3 N–H and O–H groups in total. The minimum Gasteiger partial charge on any atom is -0.398 e. The van der Waals surface area contributed by atoms with Crippen molar-refractivity contribution in [2.45, 2.75) is 12.8 Å². The summed E-state index contributed by atoms with van der Waals surface area (Å²) < 4.78 is 26.0. The second-order valence-corrected chi connectivity index (χ2v) is 7.54. The Labute approximate surface area is 121 Å². The topological polar surface area (TPSA) is 72.2 Å². The maximum atomic E-state index is 11.7. The van der Waals surface area contributed by atoms with Crippen LogP contribution in [0.4, 0.5) is 5.00 Å². The fourth-order valence-corrected chi connectivity index (χ4v) is 5.47. The number of nitrogens with one attached hydrogen (secondary N) is 1. The quantitative estimate of drug-likeness (QED) is 0.785. The molecule has 6 heteroatoms. The monoisotopic (exact) mass is 304 g/mol. The van der Waals surface area contributed by atoms with Crippen molar-refractivity contribution >= 4 is 32.1 Å². The normalized spacial score (nSPS) is 18.3. The summed E-state index contributed by atoms with van der Waals surface area (Å²) in [5, 5.41) is 1.76. The molecule has 0 spiro atoms. The third-order valence-electron chi connectivity index (χ3n) is 3.72. The van der Waals surface area contributed by atoms with E-state index in [4.69, 9.17) is 5.73 Å². The minimum absolute atomic E-state index is 0.343. The van der Waals surface area contributed by atoms with Crippen LogP contribution in [0.1, 0.15) is 16.7 Å². The predicted octanol–water partition coefficient (Wildman–Crippen LogP) is 2.53. The number of benzene rings is 1. The van der Waals surface area contributed by atoms with Crippen molar-refractivity contribution in [3.8, 4) is 10.4 Å². The number of rotatable bonds is 0. The molecular weight excluding hydrogens is 292 g/mol. The highest BCUT2D eigenvalue weighted by Crippen LogP contribution is 2.48. The number of anilines is 1. The fourth-order valence-electron chi connectivity index (χ4n) is 2.90. The molecule has 0 amide bonds. The highest BCUT2D eigenvalue weighted by atomic mass is 32.2. The Balaban J connectivity index is 2.00. The van der Waals surface area contributed by atoms with E-state index >= 15 is 0 Å². The molecule has 2 heterocycles. The van der Waals surface area contributed by atoms with Crippen molar-refractivity contribution in [2.75, 3.05) is 4.72 Å². The molecule has 0 atom stereocenters. The maximum Gasteiger partial charge on any atom is 0.257 e. The smallest absolute Gasteiger partial charge is 0.257 e. The summed E-state index contributed by atoms with van der Waals surface area (Å²) in [7, 11) is -3.45. The molecule has 2 aliphatic rings. The van der Waals surface area contributed by atoms with Gasteiger partial charge in [-0.2, -0.15) is 0 Å². The lowest BCUT2D eigenvalue weighted by Crippen LogP contribution is -2.18. The van der Waals surface area contributed by atoms with Gasteiger partial charge in [0, 0.05) is 10.4 Å². The van der Waals surface area contributed by atoms with Crippen molar-refractivity contribution in [3.05, 3.63) is 46.4 Å². The van der Waals surface area contributed by atoms with Gasteiger partial charge < -0.3 is 5.73 Å². The number of fused-ring (bicyclic) bond motifs is 5. The average molecular weight is 304 g/mol. The molecule has 0 radical (unpaired) electrons. The van der Waals surface area contributed by atoms with Gasteiger partial charge in [0.2, 0.25) is 0 Å². The summed E-state index contributed by atoms with van der Waals surface area (Å²) in [5.74, 6) is 0. The fraction of sp³-hybridized carbons (Fsp3) is 0.143. The van der Waals surface area contributed by atoms with Gasteiger partial charge in [-0.3, -0.25) is 4.72 Å². The molecule has 102 valence electrons. The van der Waals surface area contributed by atoms with E-state index in [1.807, 2.05) is 12.1 Å². The van der Waals surface area contributed by atoms with E-state index in [1.54, 1.807) is 0 Å². The first kappa shape index (κ1) is 12.0. The summed E-state index contributed by atoms with van der Waals surface area (Å²) in [6, 6.07) is 8.26. The number of aryl methyl sites for hydroxylation is 1. The van der Waals surface area contributed by atoms with Gasteiger partial charge in [0.05, 0.1) is 11.1 Å². The SMILES string of the molecule is NC1=CS(=O)(=O)Nc2sc3c(c21)CCc1ccccc1-3. The van der Waals surface area contributed by atoms with Gasteiger partial charge in [-0.05, 0) is 29.5 Å². The third kappa shape index (κ3) is 1.61. The molecule has 0 fully saturated rings. The molecular formula is C14H12N2O2S2. The Bertz CT molecular complexity index is 863. The number of sulfonamides is 1. The van der Waals surface area contributed by atoms with Crippen molar-refractivity contribution in [1.82, 2.24) is 0 Å². The van der Waals surface area contributed by atoms with Crippen molar-refractivity contribution in [1.29, 1.82) is 0 Å². The van der Waals surface area contributed by atoms with E-state index in [2.05, 4.69) is 16.9 Å². The Kier molecular flexibility index (Phi) is 2.32. The van der Waals surface area contributed by atoms with Crippen LogP contribution in [-0.4, -0.2) is 8.42 Å². The van der Waals surface area contributed by atoms with Crippen LogP contribution in [0.2, 0.25) is 0 Å². The zero-order chi connectivity index (χ0) is 13.9. The summed E-state index contributed by atoms with van der Waals surface area (Å²) in [6.45, 7) is 0. The highest BCUT2D eigenvalue weighted by molar-refractivity contribution is 7.96. The number of hydrogen-bond donors (Lipinski definition) is 2. The first-order valence-electron chi connectivity index (χ1n) is 6.29. The van der Waals surface area contributed by atoms with E-state index in [-0.39, 0.29) is 0 Å². The Morgan fingerprint density at radius 2 is 2.00 bits per heavy atom. The van der Waals surface area contributed by atoms with Gasteiger partial charge in [0.25, 0.3) is 10.0 Å². The van der Waals surface area contributed by atoms with Crippen molar-refractivity contribution in [3.63, 3.8) is 0 Å². The Morgan fingerprint density at radius 3 is 2.85 bits per heavy atom. The van der Waals surface area contributed by atoms with E-state index in [0.29, 0.717) is 10.7 Å². The van der Waals surface area contributed by atoms with Crippen molar-refractivity contribution in [2.24, 2.45) is 5.73 Å². The van der Waals surface area contributed by atoms with Gasteiger partial charge in [-0.15, -0.1) is 11.3 Å². The van der Waals surface area contributed by atoms with Crippen LogP contribution in [0.3, 0.4) is 0 Å². The van der Waals surface area contributed by atoms with Gasteiger partial charge in [0.15, 0.2) is 0 Å². The Morgan fingerprint density at radius 1 is 1.20 bits per heavy atom. The van der Waals surface area contributed by atoms with Crippen LogP contribution in [0.25, 0.3) is 16.1 Å². The highest BCUT2D eigenvalue weighted by Gasteiger charge is 2.30. The van der Waals surface area contributed by atoms with E-state index in [0.717, 1.165) is 28.7 Å². The van der Waals surface area contributed by atoms with Crippen LogP contribution in [0.15, 0.2) is 29.7 Å². The lowest BCUT2D eigenvalue weighted by atomic mass is 9.89. The molecule has 0 bridgehead atoms. The summed E-state index contributed by atoms with van der Waals surface area (Å²) >= 11 is 1.48. The number of hydrogen-bond acceptors (Lipinski definition) is 4. The standard InChI is InChI=1S/C14H12N2O2S2/c15-11-7-20(17,18)16-14-12(11)10-6-5-8-3-1-2-4-9(8)13(10)19-14/h1-4,7,16H,5-6,15H2. The molecule has 0 saturated heterocycles. The zero-order valence-corrected chi connectivity index (χ0v) is 12.1. The summed E-state index contributed by atoms with van der Waals surface area (Å²) in [4.78, 5) is 1.14. The van der Waals surface area contributed by atoms with E-state index in [9.17, 15) is 8.42 Å². The summed E-state index contributed by atoms with van der Waals surface area (Å²) in [5.41, 5.74) is 10.8. The van der Waals surface area contributed by atoms with Gasteiger partial charge in [0.1, 0.15) is 5.00 Å². The van der Waals surface area contributed by atoms with Gasteiger partial charge in [-0.1, -0.05) is 24.3 Å². The second kappa shape index (κ2) is 3.86. The first-order chi connectivity index (χ1) is 9.55. The molecule has 1 aromatic heterocycles. The zero-order valence-electron chi connectivity index (χ0n) is 10.5. The van der Waals surface area contributed by atoms with Crippen molar-refractivity contribution < 1.29 is 8.42 Å². The molecule has 4 nitrogen and oxygen atoms in total. The first-order valence-corrected chi connectivity index (χ1v) is 8.66. The molecule has 0 saturated carbocycles. The third-order valence-corrected chi connectivity index (χ3v) is 6.08. The Hall–Kier alpha value is -1.79. The van der Waals surface area contributed by atoms with Gasteiger partial charge in [-0.25, -0.2) is 8.42 Å². The van der Waals surface area contributed by atoms with Gasteiger partial charge >= 0.3 is 0 Å². The lowest BCUT2D eigenvalue weighted by molar-refractivity contribution is 0.609. The van der Waals surface area contributed by atoms with Crippen LogP contribution in [0, 0.1) is 0 Å².